The second kappa shape index (κ2) is 4.23. The first-order chi connectivity index (χ1) is 8.04. The number of hydrogen-bond donors (Lipinski definition) is 0. The third-order valence-corrected chi connectivity index (χ3v) is 3.04. The predicted molar refractivity (Wildman–Crippen MR) is 67.3 cm³/mol. The summed E-state index contributed by atoms with van der Waals surface area (Å²) in [5, 5.41) is 0. The number of carbonyl (C=O) groups is 1. The summed E-state index contributed by atoms with van der Waals surface area (Å²) in [7, 11) is 1.40. The van der Waals surface area contributed by atoms with Gasteiger partial charge in [-0.2, -0.15) is 0 Å². The Kier molecular flexibility index (Phi) is 2.91. The van der Waals surface area contributed by atoms with Crippen LogP contribution < -0.4 is 0 Å². The Morgan fingerprint density at radius 2 is 1.88 bits per heavy atom. The fraction of sp³-hybridized carbons (Fsp3) is 0.333. The molecule has 0 radical (unpaired) electrons. The zero-order valence-electron chi connectivity index (χ0n) is 10.4. The van der Waals surface area contributed by atoms with Crippen molar-refractivity contribution in [1.82, 2.24) is 0 Å². The molecule has 0 aromatic heterocycles. The quantitative estimate of drug-likeness (QED) is 0.441. The van der Waals surface area contributed by atoms with E-state index in [1.807, 2.05) is 30.3 Å². The first kappa shape index (κ1) is 11.7. The zero-order valence-corrected chi connectivity index (χ0v) is 10.4. The molecule has 1 aliphatic rings. The number of methoxy groups -OCH3 is 1. The van der Waals surface area contributed by atoms with Crippen LogP contribution in [-0.4, -0.2) is 13.1 Å². The van der Waals surface area contributed by atoms with Crippen LogP contribution in [0.1, 0.15) is 25.8 Å². The lowest BCUT2D eigenvalue weighted by Crippen LogP contribution is -2.02. The largest absolute Gasteiger partial charge is 0.465 e. The lowest BCUT2D eigenvalue weighted by molar-refractivity contribution is -0.133. The molecule has 0 aliphatic heterocycles. The van der Waals surface area contributed by atoms with E-state index in [1.54, 1.807) is 0 Å². The summed E-state index contributed by atoms with van der Waals surface area (Å²) < 4.78 is 4.81. The maximum absolute atomic E-state index is 11.8. The van der Waals surface area contributed by atoms with E-state index in [2.05, 4.69) is 19.6 Å². The van der Waals surface area contributed by atoms with Gasteiger partial charge in [0.15, 0.2) is 0 Å². The molecule has 1 saturated carbocycles. The average molecular weight is 228 g/mol. The van der Waals surface area contributed by atoms with Gasteiger partial charge in [0.2, 0.25) is 0 Å². The van der Waals surface area contributed by atoms with Crippen molar-refractivity contribution in [2.45, 2.75) is 20.3 Å². The molecule has 0 bridgehead atoms. The minimum Gasteiger partial charge on any atom is -0.465 e. The molecule has 0 atom stereocenters. The summed E-state index contributed by atoms with van der Waals surface area (Å²) in [5.41, 5.74) is 5.96. The molecule has 88 valence electrons. The van der Waals surface area contributed by atoms with Crippen LogP contribution in [0.15, 0.2) is 41.6 Å². The van der Waals surface area contributed by atoms with Crippen LogP contribution in [0.3, 0.4) is 0 Å². The molecule has 1 fully saturated rings. The molecular weight excluding hydrogens is 212 g/mol. The fourth-order valence-electron chi connectivity index (χ4n) is 1.71. The van der Waals surface area contributed by atoms with Crippen LogP contribution >= 0.6 is 0 Å². The van der Waals surface area contributed by atoms with Gasteiger partial charge in [0.25, 0.3) is 0 Å². The van der Waals surface area contributed by atoms with Gasteiger partial charge in [-0.25, -0.2) is 4.79 Å². The number of rotatable bonds is 2. The number of carbonyl (C=O) groups excluding carboxylic acids is 1. The van der Waals surface area contributed by atoms with Crippen LogP contribution in [0.5, 0.6) is 0 Å². The van der Waals surface area contributed by atoms with Crippen molar-refractivity contribution in [3.63, 3.8) is 0 Å². The van der Waals surface area contributed by atoms with Crippen molar-refractivity contribution in [2.75, 3.05) is 7.11 Å². The molecule has 1 aromatic rings. The fourth-order valence-corrected chi connectivity index (χ4v) is 1.71. The number of benzene rings is 1. The van der Waals surface area contributed by atoms with E-state index in [0.717, 1.165) is 12.0 Å². The van der Waals surface area contributed by atoms with Gasteiger partial charge in [-0.15, -0.1) is 5.73 Å². The molecule has 1 aliphatic carbocycles. The molecule has 0 saturated heterocycles. The van der Waals surface area contributed by atoms with Crippen LogP contribution in [0.25, 0.3) is 5.57 Å². The summed E-state index contributed by atoms with van der Waals surface area (Å²) in [6, 6.07) is 9.53. The van der Waals surface area contributed by atoms with Gasteiger partial charge in [0, 0.05) is 0 Å². The third kappa shape index (κ3) is 2.48. The molecule has 1 aromatic carbocycles. The Labute approximate surface area is 102 Å². The molecule has 17 heavy (non-hydrogen) atoms. The monoisotopic (exact) mass is 228 g/mol. The summed E-state index contributed by atoms with van der Waals surface area (Å²) in [4.78, 5) is 11.8. The van der Waals surface area contributed by atoms with E-state index < -0.39 is 0 Å². The zero-order chi connectivity index (χ0) is 12.5. The molecule has 0 heterocycles. The predicted octanol–water partition coefficient (Wildman–Crippen LogP) is 3.20. The second-order valence-electron chi connectivity index (χ2n) is 4.90. The Morgan fingerprint density at radius 1 is 1.29 bits per heavy atom. The van der Waals surface area contributed by atoms with E-state index in [0.29, 0.717) is 5.57 Å². The van der Waals surface area contributed by atoms with Gasteiger partial charge in [-0.3, -0.25) is 0 Å². The number of esters is 1. The highest BCUT2D eigenvalue weighted by Gasteiger charge is 2.39. The van der Waals surface area contributed by atoms with Crippen LogP contribution in [0, 0.1) is 5.41 Å². The van der Waals surface area contributed by atoms with Gasteiger partial charge >= 0.3 is 5.97 Å². The van der Waals surface area contributed by atoms with E-state index in [1.165, 1.54) is 12.7 Å². The highest BCUT2D eigenvalue weighted by atomic mass is 16.5. The minimum atomic E-state index is -0.327. The topological polar surface area (TPSA) is 26.3 Å². The standard InChI is InChI=1S/C15H16O2/c1-15(2)10-12(15)9-13(14(16)17-3)11-7-5-4-6-8-11/h4-8H,10H2,1-3H3. The van der Waals surface area contributed by atoms with Crippen molar-refractivity contribution in [1.29, 1.82) is 0 Å². The van der Waals surface area contributed by atoms with Crippen LogP contribution in [0.4, 0.5) is 0 Å². The van der Waals surface area contributed by atoms with E-state index in [-0.39, 0.29) is 11.4 Å². The second-order valence-corrected chi connectivity index (χ2v) is 4.90. The van der Waals surface area contributed by atoms with Gasteiger partial charge in [0.05, 0.1) is 7.11 Å². The molecule has 0 spiro atoms. The molecule has 0 unspecified atom stereocenters. The van der Waals surface area contributed by atoms with Crippen molar-refractivity contribution >= 4 is 11.5 Å². The van der Waals surface area contributed by atoms with Crippen LogP contribution in [0.2, 0.25) is 0 Å². The lowest BCUT2D eigenvalue weighted by atomic mass is 10.1. The third-order valence-electron chi connectivity index (χ3n) is 3.04. The van der Waals surface area contributed by atoms with Crippen molar-refractivity contribution in [2.24, 2.45) is 5.41 Å². The molecular formula is C15H16O2. The Balaban J connectivity index is 2.49. The van der Waals surface area contributed by atoms with Gasteiger partial charge in [-0.05, 0) is 23.0 Å². The summed E-state index contributed by atoms with van der Waals surface area (Å²) >= 11 is 0. The lowest BCUT2D eigenvalue weighted by Gasteiger charge is -2.02. The molecule has 0 N–H and O–H groups in total. The Morgan fingerprint density at radius 3 is 2.35 bits per heavy atom. The number of hydrogen-bond acceptors (Lipinski definition) is 2. The Hall–Kier alpha value is -1.79. The van der Waals surface area contributed by atoms with Gasteiger partial charge in [-0.1, -0.05) is 44.2 Å². The van der Waals surface area contributed by atoms with E-state index >= 15 is 0 Å². The molecule has 2 rings (SSSR count). The van der Waals surface area contributed by atoms with Crippen molar-refractivity contribution in [3.8, 4) is 0 Å². The highest BCUT2D eigenvalue weighted by Crippen LogP contribution is 2.50. The van der Waals surface area contributed by atoms with E-state index in [4.69, 9.17) is 4.74 Å². The van der Waals surface area contributed by atoms with Gasteiger partial charge in [0.1, 0.15) is 5.57 Å². The van der Waals surface area contributed by atoms with Gasteiger partial charge < -0.3 is 4.74 Å². The highest BCUT2D eigenvalue weighted by molar-refractivity contribution is 6.16. The normalized spacial score (nSPS) is 16.1. The summed E-state index contributed by atoms with van der Waals surface area (Å²) in [6.07, 6.45) is 1.00. The maximum Gasteiger partial charge on any atom is 0.346 e. The maximum atomic E-state index is 11.8. The number of ether oxygens (including phenoxy) is 1. The SMILES string of the molecule is COC(=O)C(=C=C1CC1(C)C)c1ccccc1. The molecule has 2 heteroatoms. The minimum absolute atomic E-state index is 0.189. The van der Waals surface area contributed by atoms with Crippen LogP contribution in [-0.2, 0) is 9.53 Å². The Bertz CT molecular complexity index is 503. The van der Waals surface area contributed by atoms with Crippen molar-refractivity contribution < 1.29 is 9.53 Å². The van der Waals surface area contributed by atoms with Crippen molar-refractivity contribution in [3.05, 3.63) is 47.2 Å². The van der Waals surface area contributed by atoms with E-state index in [9.17, 15) is 4.79 Å². The molecule has 0 amide bonds. The average Bonchev–Trinajstić information content (AvgIpc) is 2.94. The smallest absolute Gasteiger partial charge is 0.346 e. The summed E-state index contributed by atoms with van der Waals surface area (Å²) in [6.45, 7) is 4.30. The summed E-state index contributed by atoms with van der Waals surface area (Å²) in [5.74, 6) is -0.327. The first-order valence-electron chi connectivity index (χ1n) is 5.68. The first-order valence-corrected chi connectivity index (χ1v) is 5.68. The molecule has 2 nitrogen and oxygen atoms in total.